The Labute approximate surface area is 174 Å². The molecule has 0 saturated heterocycles. The smallest absolute Gasteiger partial charge is 0.227 e. The van der Waals surface area contributed by atoms with E-state index in [1.807, 2.05) is 67.6 Å². The Morgan fingerprint density at radius 1 is 0.862 bits per heavy atom. The molecule has 1 N–H and O–H groups in total. The van der Waals surface area contributed by atoms with Crippen LogP contribution in [0.5, 0.6) is 0 Å². The van der Waals surface area contributed by atoms with Gasteiger partial charge in [-0.15, -0.1) is 10.2 Å². The second-order valence-corrected chi connectivity index (χ2v) is 7.88. The number of amides is 1. The summed E-state index contributed by atoms with van der Waals surface area (Å²) in [5.41, 5.74) is 4.43. The van der Waals surface area contributed by atoms with Gasteiger partial charge in [-0.1, -0.05) is 102 Å². The van der Waals surface area contributed by atoms with Gasteiger partial charge < -0.3 is 5.32 Å². The van der Waals surface area contributed by atoms with Crippen LogP contribution in [-0.2, 0) is 4.79 Å². The van der Waals surface area contributed by atoms with Crippen molar-refractivity contribution < 1.29 is 4.79 Å². The summed E-state index contributed by atoms with van der Waals surface area (Å²) >= 11 is 1.38. The predicted octanol–water partition coefficient (Wildman–Crippen LogP) is 5.67. The van der Waals surface area contributed by atoms with Crippen molar-refractivity contribution in [3.63, 3.8) is 0 Å². The minimum atomic E-state index is -0.0747. The maximum Gasteiger partial charge on any atom is 0.227 e. The maximum absolute atomic E-state index is 12.8. The number of aromatic nitrogens is 2. The standard InChI is InChI=1S/C24H21N3OS/c1-17-12-14-20(15-13-17)23-26-27-24(29-23)25-22(28)16-21(18-8-4-2-5-9-18)19-10-6-3-7-11-19/h2-15,21H,16H2,1H3,(H,25,27,28). The van der Waals surface area contributed by atoms with Crippen molar-refractivity contribution >= 4 is 22.4 Å². The van der Waals surface area contributed by atoms with E-state index >= 15 is 0 Å². The molecule has 0 saturated carbocycles. The molecule has 29 heavy (non-hydrogen) atoms. The molecule has 5 heteroatoms. The molecule has 0 aliphatic heterocycles. The minimum absolute atomic E-state index is 0.0121. The molecule has 0 radical (unpaired) electrons. The summed E-state index contributed by atoms with van der Waals surface area (Å²) in [6.07, 6.45) is 0.341. The second-order valence-electron chi connectivity index (χ2n) is 6.90. The van der Waals surface area contributed by atoms with Gasteiger partial charge in [0.1, 0.15) is 5.01 Å². The average Bonchev–Trinajstić information content (AvgIpc) is 3.22. The molecule has 3 aromatic carbocycles. The van der Waals surface area contributed by atoms with Gasteiger partial charge in [0.2, 0.25) is 11.0 Å². The van der Waals surface area contributed by atoms with Gasteiger partial charge in [-0.3, -0.25) is 4.79 Å². The number of hydrogen-bond acceptors (Lipinski definition) is 4. The average molecular weight is 400 g/mol. The van der Waals surface area contributed by atoms with Crippen molar-refractivity contribution in [2.24, 2.45) is 0 Å². The van der Waals surface area contributed by atoms with E-state index in [0.717, 1.165) is 21.7 Å². The fraction of sp³-hybridized carbons (Fsp3) is 0.125. The van der Waals surface area contributed by atoms with Crippen LogP contribution in [-0.4, -0.2) is 16.1 Å². The highest BCUT2D eigenvalue weighted by Crippen LogP contribution is 2.30. The number of hydrogen-bond donors (Lipinski definition) is 1. The second kappa shape index (κ2) is 8.80. The summed E-state index contributed by atoms with van der Waals surface area (Å²) in [6.45, 7) is 2.05. The van der Waals surface area contributed by atoms with E-state index in [4.69, 9.17) is 0 Å². The molecule has 4 nitrogen and oxygen atoms in total. The first kappa shape index (κ1) is 19.0. The zero-order valence-electron chi connectivity index (χ0n) is 16.1. The zero-order valence-corrected chi connectivity index (χ0v) is 16.9. The van der Waals surface area contributed by atoms with Crippen molar-refractivity contribution in [1.29, 1.82) is 0 Å². The van der Waals surface area contributed by atoms with Gasteiger partial charge in [-0.05, 0) is 18.1 Å². The van der Waals surface area contributed by atoms with Crippen molar-refractivity contribution in [1.82, 2.24) is 10.2 Å². The van der Waals surface area contributed by atoms with Crippen LogP contribution in [0.15, 0.2) is 84.9 Å². The summed E-state index contributed by atoms with van der Waals surface area (Å²) in [5.74, 6) is -0.0868. The quantitative estimate of drug-likeness (QED) is 0.454. The molecule has 4 aromatic rings. The van der Waals surface area contributed by atoms with E-state index in [9.17, 15) is 4.79 Å². The van der Waals surface area contributed by atoms with E-state index < -0.39 is 0 Å². The molecule has 0 unspecified atom stereocenters. The van der Waals surface area contributed by atoms with Gasteiger partial charge >= 0.3 is 0 Å². The first-order chi connectivity index (χ1) is 14.2. The molecular formula is C24H21N3OS. The lowest BCUT2D eigenvalue weighted by Gasteiger charge is -2.17. The fourth-order valence-corrected chi connectivity index (χ4v) is 4.01. The molecule has 0 bridgehead atoms. The third-order valence-corrected chi connectivity index (χ3v) is 5.65. The number of nitrogens with one attached hydrogen (secondary N) is 1. The Balaban J connectivity index is 1.49. The van der Waals surface area contributed by atoms with Gasteiger partial charge in [0.15, 0.2) is 0 Å². The summed E-state index contributed by atoms with van der Waals surface area (Å²) in [4.78, 5) is 12.8. The highest BCUT2D eigenvalue weighted by molar-refractivity contribution is 7.18. The van der Waals surface area contributed by atoms with Crippen molar-refractivity contribution in [3.05, 3.63) is 102 Å². The van der Waals surface area contributed by atoms with Crippen LogP contribution in [0.2, 0.25) is 0 Å². The number of nitrogens with zero attached hydrogens (tertiary/aromatic N) is 2. The Kier molecular flexibility index (Phi) is 5.77. The third-order valence-electron chi connectivity index (χ3n) is 4.76. The molecule has 4 rings (SSSR count). The number of anilines is 1. The van der Waals surface area contributed by atoms with Crippen molar-refractivity contribution in [3.8, 4) is 10.6 Å². The SMILES string of the molecule is Cc1ccc(-c2nnc(NC(=O)CC(c3ccccc3)c3ccccc3)s2)cc1. The highest BCUT2D eigenvalue weighted by atomic mass is 32.1. The maximum atomic E-state index is 12.8. The van der Waals surface area contributed by atoms with Gasteiger partial charge in [0.05, 0.1) is 0 Å². The van der Waals surface area contributed by atoms with Gasteiger partial charge in [-0.2, -0.15) is 0 Å². The number of rotatable bonds is 6. The molecule has 0 atom stereocenters. The lowest BCUT2D eigenvalue weighted by molar-refractivity contribution is -0.116. The largest absolute Gasteiger partial charge is 0.300 e. The predicted molar refractivity (Wildman–Crippen MR) is 118 cm³/mol. The first-order valence-electron chi connectivity index (χ1n) is 9.49. The van der Waals surface area contributed by atoms with Crippen molar-refractivity contribution in [2.45, 2.75) is 19.3 Å². The van der Waals surface area contributed by atoms with Gasteiger partial charge in [-0.25, -0.2) is 0 Å². The molecular weight excluding hydrogens is 378 g/mol. The highest BCUT2D eigenvalue weighted by Gasteiger charge is 2.19. The normalized spacial score (nSPS) is 10.8. The van der Waals surface area contributed by atoms with Crippen LogP contribution in [0.4, 0.5) is 5.13 Å². The molecule has 144 valence electrons. The number of carbonyl (C=O) groups is 1. The number of carbonyl (C=O) groups excluding carboxylic acids is 1. The molecule has 0 aliphatic carbocycles. The molecule has 1 aromatic heterocycles. The van der Waals surface area contributed by atoms with Gasteiger partial charge in [0, 0.05) is 17.9 Å². The fourth-order valence-electron chi connectivity index (χ4n) is 3.24. The molecule has 1 heterocycles. The van der Waals surface area contributed by atoms with Gasteiger partial charge in [0.25, 0.3) is 0 Å². The monoisotopic (exact) mass is 399 g/mol. The molecule has 0 aliphatic rings. The van der Waals surface area contributed by atoms with Crippen LogP contribution >= 0.6 is 11.3 Å². The van der Waals surface area contributed by atoms with Crippen LogP contribution < -0.4 is 5.32 Å². The van der Waals surface area contributed by atoms with E-state index in [1.54, 1.807) is 0 Å². The lowest BCUT2D eigenvalue weighted by atomic mass is 9.88. The van der Waals surface area contributed by atoms with Crippen LogP contribution in [0, 0.1) is 6.92 Å². The lowest BCUT2D eigenvalue weighted by Crippen LogP contribution is -2.16. The topological polar surface area (TPSA) is 54.9 Å². The Hall–Kier alpha value is -3.31. The van der Waals surface area contributed by atoms with Crippen LogP contribution in [0.25, 0.3) is 10.6 Å². The zero-order chi connectivity index (χ0) is 20.1. The third kappa shape index (κ3) is 4.76. The summed E-state index contributed by atoms with van der Waals surface area (Å²) in [7, 11) is 0. The number of benzene rings is 3. The summed E-state index contributed by atoms with van der Waals surface area (Å²) < 4.78 is 0. The van der Waals surface area contributed by atoms with Crippen LogP contribution in [0.3, 0.4) is 0 Å². The summed E-state index contributed by atoms with van der Waals surface area (Å²) in [5, 5.41) is 12.6. The van der Waals surface area contributed by atoms with Crippen molar-refractivity contribution in [2.75, 3.05) is 5.32 Å². The van der Waals surface area contributed by atoms with E-state index in [2.05, 4.69) is 39.8 Å². The Morgan fingerprint density at radius 3 is 2.03 bits per heavy atom. The van der Waals surface area contributed by atoms with E-state index in [-0.39, 0.29) is 11.8 Å². The number of aryl methyl sites for hydroxylation is 1. The molecule has 1 amide bonds. The molecule has 0 spiro atoms. The first-order valence-corrected chi connectivity index (χ1v) is 10.3. The Bertz CT molecular complexity index is 1040. The molecule has 0 fully saturated rings. The Morgan fingerprint density at radius 2 is 1.45 bits per heavy atom. The van der Waals surface area contributed by atoms with E-state index in [0.29, 0.717) is 11.6 Å². The minimum Gasteiger partial charge on any atom is -0.300 e. The van der Waals surface area contributed by atoms with E-state index in [1.165, 1.54) is 16.9 Å². The summed E-state index contributed by atoms with van der Waals surface area (Å²) in [6, 6.07) is 28.3. The van der Waals surface area contributed by atoms with Crippen LogP contribution in [0.1, 0.15) is 29.0 Å².